The van der Waals surface area contributed by atoms with Crippen LogP contribution in [0.15, 0.2) is 84.0 Å². The first-order valence-corrected chi connectivity index (χ1v) is 15.4. The topological polar surface area (TPSA) is 111 Å². The van der Waals surface area contributed by atoms with Gasteiger partial charge in [-0.2, -0.15) is 5.10 Å². The normalized spacial score (nSPS) is 11.1. The molecule has 5 rings (SSSR count). The van der Waals surface area contributed by atoms with Gasteiger partial charge in [-0.15, -0.1) is 0 Å². The van der Waals surface area contributed by atoms with Gasteiger partial charge in [-0.25, -0.2) is 10.2 Å². The number of hydrogen-bond acceptors (Lipinski definition) is 7. The van der Waals surface area contributed by atoms with E-state index in [1.54, 1.807) is 48.5 Å². The van der Waals surface area contributed by atoms with Gasteiger partial charge in [-0.05, 0) is 74.9 Å². The number of carbonyl (C=O) groups is 2. The lowest BCUT2D eigenvalue weighted by Gasteiger charge is -2.13. The number of para-hydroxylation sites is 1. The molecular weight excluding hydrogens is 629 g/mol. The molecular formula is C35H31Cl2N3O6. The molecule has 0 atom stereocenters. The zero-order chi connectivity index (χ0) is 32.6. The standard InChI is InChI=1S/C35H31Cl2N3O6/c1-4-43-27-17-15-22(19-30(27)45-6-3)35(42)46-28-16-14-21(18-29(28)44-5-2)20-38-40-34(41)33-31(23-10-7-8-12-25(23)36)24-11-9-13-26(37)32(24)39-33/h7-20,39H,4-6H2,1-3H3,(H,40,41). The van der Waals surface area contributed by atoms with Gasteiger partial charge in [0, 0.05) is 21.5 Å². The Morgan fingerprint density at radius 2 is 1.46 bits per heavy atom. The van der Waals surface area contributed by atoms with Crippen molar-refractivity contribution in [3.05, 3.63) is 106 Å². The third-order valence-corrected chi connectivity index (χ3v) is 7.43. The summed E-state index contributed by atoms with van der Waals surface area (Å²) in [6.45, 7) is 6.73. The zero-order valence-corrected chi connectivity index (χ0v) is 26.9. The van der Waals surface area contributed by atoms with Crippen LogP contribution in [0.4, 0.5) is 0 Å². The number of amides is 1. The highest BCUT2D eigenvalue weighted by Crippen LogP contribution is 2.39. The minimum atomic E-state index is -0.591. The van der Waals surface area contributed by atoms with Crippen LogP contribution in [0, 0.1) is 0 Å². The number of halogens is 2. The van der Waals surface area contributed by atoms with Crippen molar-refractivity contribution in [2.45, 2.75) is 20.8 Å². The van der Waals surface area contributed by atoms with Crippen molar-refractivity contribution in [1.82, 2.24) is 10.4 Å². The first kappa shape index (κ1) is 32.4. The molecule has 0 saturated carbocycles. The lowest BCUT2D eigenvalue weighted by atomic mass is 10.0. The summed E-state index contributed by atoms with van der Waals surface area (Å²) in [5, 5.41) is 5.86. The van der Waals surface area contributed by atoms with Gasteiger partial charge in [0.15, 0.2) is 23.0 Å². The van der Waals surface area contributed by atoms with Crippen molar-refractivity contribution in [2.24, 2.45) is 5.10 Å². The molecule has 0 aliphatic carbocycles. The maximum atomic E-state index is 13.4. The summed E-state index contributed by atoms with van der Waals surface area (Å²) in [6, 6.07) is 22.5. The number of nitrogens with one attached hydrogen (secondary N) is 2. The van der Waals surface area contributed by atoms with Gasteiger partial charge in [0.1, 0.15) is 5.69 Å². The first-order valence-electron chi connectivity index (χ1n) is 14.6. The molecule has 9 nitrogen and oxygen atoms in total. The smallest absolute Gasteiger partial charge is 0.343 e. The van der Waals surface area contributed by atoms with E-state index in [1.807, 2.05) is 51.1 Å². The van der Waals surface area contributed by atoms with E-state index >= 15 is 0 Å². The maximum absolute atomic E-state index is 13.4. The van der Waals surface area contributed by atoms with Crippen LogP contribution in [-0.2, 0) is 0 Å². The third kappa shape index (κ3) is 7.11. The molecule has 1 heterocycles. The Labute approximate surface area is 276 Å². The molecule has 2 N–H and O–H groups in total. The number of ether oxygens (including phenoxy) is 4. The number of rotatable bonds is 12. The summed E-state index contributed by atoms with van der Waals surface area (Å²) in [6.07, 6.45) is 1.46. The summed E-state index contributed by atoms with van der Waals surface area (Å²) >= 11 is 12.9. The monoisotopic (exact) mass is 659 g/mol. The Morgan fingerprint density at radius 1 is 0.783 bits per heavy atom. The van der Waals surface area contributed by atoms with Gasteiger partial charge in [-0.1, -0.05) is 53.5 Å². The first-order chi connectivity index (χ1) is 22.3. The van der Waals surface area contributed by atoms with E-state index in [9.17, 15) is 9.59 Å². The lowest BCUT2D eigenvalue weighted by Crippen LogP contribution is -2.19. The number of fused-ring (bicyclic) bond motifs is 1. The molecule has 0 radical (unpaired) electrons. The third-order valence-electron chi connectivity index (χ3n) is 6.78. The van der Waals surface area contributed by atoms with E-state index in [-0.39, 0.29) is 17.0 Å². The van der Waals surface area contributed by atoms with Crippen LogP contribution in [0.2, 0.25) is 10.0 Å². The maximum Gasteiger partial charge on any atom is 0.343 e. The molecule has 0 aliphatic rings. The van der Waals surface area contributed by atoms with Crippen LogP contribution in [0.3, 0.4) is 0 Å². The van der Waals surface area contributed by atoms with Crippen molar-refractivity contribution in [3.8, 4) is 34.1 Å². The quantitative estimate of drug-likeness (QED) is 0.0603. The highest BCUT2D eigenvalue weighted by atomic mass is 35.5. The molecule has 1 aromatic heterocycles. The molecule has 0 unspecified atom stereocenters. The van der Waals surface area contributed by atoms with E-state index < -0.39 is 11.9 Å². The van der Waals surface area contributed by atoms with Crippen LogP contribution < -0.4 is 24.4 Å². The molecule has 0 spiro atoms. The van der Waals surface area contributed by atoms with Crippen LogP contribution >= 0.6 is 23.2 Å². The molecule has 236 valence electrons. The summed E-state index contributed by atoms with van der Waals surface area (Å²) in [4.78, 5) is 29.5. The Kier molecular flexibility index (Phi) is 10.5. The van der Waals surface area contributed by atoms with Crippen molar-refractivity contribution in [2.75, 3.05) is 19.8 Å². The second-order valence-corrected chi connectivity index (χ2v) is 10.6. The van der Waals surface area contributed by atoms with Crippen LogP contribution in [0.1, 0.15) is 47.2 Å². The number of aromatic amines is 1. The van der Waals surface area contributed by atoms with Crippen LogP contribution in [0.5, 0.6) is 23.0 Å². The van der Waals surface area contributed by atoms with Gasteiger partial charge >= 0.3 is 5.97 Å². The summed E-state index contributed by atoms with van der Waals surface area (Å²) in [7, 11) is 0. The average molecular weight is 661 g/mol. The fourth-order valence-electron chi connectivity index (χ4n) is 4.81. The van der Waals surface area contributed by atoms with E-state index in [0.717, 1.165) is 5.39 Å². The molecule has 46 heavy (non-hydrogen) atoms. The predicted molar refractivity (Wildman–Crippen MR) is 180 cm³/mol. The Balaban J connectivity index is 1.35. The number of aromatic nitrogens is 1. The van der Waals surface area contributed by atoms with Crippen LogP contribution in [0.25, 0.3) is 22.0 Å². The van der Waals surface area contributed by atoms with E-state index in [4.69, 9.17) is 42.1 Å². The van der Waals surface area contributed by atoms with Gasteiger partial charge in [-0.3, -0.25) is 4.79 Å². The molecule has 11 heteroatoms. The zero-order valence-electron chi connectivity index (χ0n) is 25.4. The van der Waals surface area contributed by atoms with E-state index in [1.165, 1.54) is 6.21 Å². The SMILES string of the molecule is CCOc1ccc(C(=O)Oc2ccc(C=NNC(=O)c3[nH]c4c(Cl)cccc4c3-c3ccccc3Cl)cc2OCC)cc1OCC. The van der Waals surface area contributed by atoms with Crippen molar-refractivity contribution in [1.29, 1.82) is 0 Å². The number of benzene rings is 4. The summed E-state index contributed by atoms with van der Waals surface area (Å²) < 4.78 is 22.6. The van der Waals surface area contributed by atoms with Gasteiger partial charge < -0.3 is 23.9 Å². The van der Waals surface area contributed by atoms with E-state index in [2.05, 4.69) is 15.5 Å². The van der Waals surface area contributed by atoms with Crippen molar-refractivity contribution < 1.29 is 28.5 Å². The number of H-pyrrole nitrogens is 1. The number of esters is 1. The molecule has 4 aromatic carbocycles. The largest absolute Gasteiger partial charge is 0.490 e. The highest BCUT2D eigenvalue weighted by molar-refractivity contribution is 6.37. The highest BCUT2D eigenvalue weighted by Gasteiger charge is 2.22. The number of hydrazone groups is 1. The van der Waals surface area contributed by atoms with Gasteiger partial charge in [0.05, 0.1) is 42.1 Å². The number of hydrogen-bond donors (Lipinski definition) is 2. The summed E-state index contributed by atoms with van der Waals surface area (Å²) in [5.74, 6) is 0.460. The summed E-state index contributed by atoms with van der Waals surface area (Å²) in [5.41, 5.74) is 5.61. The second kappa shape index (κ2) is 14.9. The minimum absolute atomic E-state index is 0.221. The fourth-order valence-corrected chi connectivity index (χ4v) is 5.26. The van der Waals surface area contributed by atoms with Crippen molar-refractivity contribution in [3.63, 3.8) is 0 Å². The molecule has 0 aliphatic heterocycles. The molecule has 1 amide bonds. The number of carbonyl (C=O) groups excluding carboxylic acids is 2. The van der Waals surface area contributed by atoms with Gasteiger partial charge in [0.2, 0.25) is 0 Å². The second-order valence-electron chi connectivity index (χ2n) is 9.77. The van der Waals surface area contributed by atoms with Crippen LogP contribution in [-0.4, -0.2) is 42.9 Å². The van der Waals surface area contributed by atoms with Gasteiger partial charge in [0.25, 0.3) is 5.91 Å². The Bertz CT molecular complexity index is 1920. The fraction of sp³-hybridized carbons (Fsp3) is 0.171. The van der Waals surface area contributed by atoms with E-state index in [0.29, 0.717) is 69.3 Å². The Morgan fingerprint density at radius 3 is 2.20 bits per heavy atom. The van der Waals surface area contributed by atoms with Crippen molar-refractivity contribution >= 4 is 52.2 Å². The molecule has 5 aromatic rings. The average Bonchev–Trinajstić information content (AvgIpc) is 3.44. The lowest BCUT2D eigenvalue weighted by molar-refractivity contribution is 0.0727. The minimum Gasteiger partial charge on any atom is -0.490 e. The predicted octanol–water partition coefficient (Wildman–Crippen LogP) is 8.32. The molecule has 0 bridgehead atoms. The molecule has 0 fully saturated rings. The Hall–Kier alpha value is -4.99. The molecule has 0 saturated heterocycles. The number of nitrogens with zero attached hydrogens (tertiary/aromatic N) is 1.